The first-order valence-corrected chi connectivity index (χ1v) is 7.16. The summed E-state index contributed by atoms with van der Waals surface area (Å²) >= 11 is 0. The number of rotatable bonds is 0. The van der Waals surface area contributed by atoms with Gasteiger partial charge in [-0.1, -0.05) is 24.3 Å². The van der Waals surface area contributed by atoms with E-state index in [-0.39, 0.29) is 24.4 Å². The Morgan fingerprint density at radius 1 is 0.500 bits per heavy atom. The highest BCUT2D eigenvalue weighted by Crippen LogP contribution is 2.50. The molecule has 0 amide bonds. The van der Waals surface area contributed by atoms with Crippen LogP contribution in [-0.2, 0) is 9.47 Å². The second-order valence-corrected chi connectivity index (χ2v) is 6.03. The predicted octanol–water partition coefficient (Wildman–Crippen LogP) is 4.20. The van der Waals surface area contributed by atoms with Crippen LogP contribution in [0.3, 0.4) is 0 Å². The van der Waals surface area contributed by atoms with E-state index in [1.165, 1.54) is 33.0 Å². The van der Waals surface area contributed by atoms with E-state index in [0.29, 0.717) is 0 Å². The third-order valence-corrected chi connectivity index (χ3v) is 4.98. The number of hydrogen-bond donors (Lipinski definition) is 0. The first-order valence-electron chi connectivity index (χ1n) is 7.16. The van der Waals surface area contributed by atoms with Crippen LogP contribution >= 0.6 is 0 Å². The van der Waals surface area contributed by atoms with Gasteiger partial charge < -0.3 is 9.47 Å². The van der Waals surface area contributed by atoms with Gasteiger partial charge in [-0.25, -0.2) is 0 Å². The molecule has 0 radical (unpaired) electrons. The standard InChI is InChI=1S/C18H12O2/c1-2-16-12-6-10-8-14-13(17-3-4-18(14)20-17)7-9(10)5-11(12)15(1)19-16/h1-8,15-18H/t15-,16+,17+,18-. The highest BCUT2D eigenvalue weighted by atomic mass is 16.5. The van der Waals surface area contributed by atoms with Crippen molar-refractivity contribution in [2.75, 3.05) is 0 Å². The third-order valence-electron chi connectivity index (χ3n) is 4.98. The summed E-state index contributed by atoms with van der Waals surface area (Å²) in [6.07, 6.45) is 9.33. The first-order chi connectivity index (χ1) is 9.87. The summed E-state index contributed by atoms with van der Waals surface area (Å²) in [6.45, 7) is 0. The molecule has 4 atom stereocenters. The lowest BCUT2D eigenvalue weighted by molar-refractivity contribution is 0.0878. The molecule has 4 heterocycles. The molecule has 0 aliphatic carbocycles. The fourth-order valence-electron chi connectivity index (χ4n) is 4.01. The SMILES string of the molecule is C1=C[C@H]2O[C@@H]1c1cc3cc4c(cc3cc12)[C@@H]1C=C[C@H]4O1. The van der Waals surface area contributed by atoms with Crippen molar-refractivity contribution in [1.29, 1.82) is 0 Å². The van der Waals surface area contributed by atoms with Crippen molar-refractivity contribution in [3.8, 4) is 0 Å². The molecular weight excluding hydrogens is 248 g/mol. The number of fused-ring (bicyclic) bond motifs is 11. The molecule has 6 rings (SSSR count). The normalized spacial score (nSPS) is 34.2. The molecule has 2 heteroatoms. The first kappa shape index (κ1) is 9.92. The lowest BCUT2D eigenvalue weighted by Crippen LogP contribution is -1.96. The Balaban J connectivity index is 1.66. The minimum absolute atomic E-state index is 0.167. The second kappa shape index (κ2) is 3.05. The second-order valence-electron chi connectivity index (χ2n) is 6.03. The highest BCUT2D eigenvalue weighted by Gasteiger charge is 2.36. The molecule has 0 fully saturated rings. The summed E-state index contributed by atoms with van der Waals surface area (Å²) in [4.78, 5) is 0. The molecule has 4 aliphatic rings. The van der Waals surface area contributed by atoms with E-state index in [2.05, 4.69) is 48.6 Å². The van der Waals surface area contributed by atoms with E-state index in [0.717, 1.165) is 0 Å². The van der Waals surface area contributed by atoms with Crippen LogP contribution in [0.1, 0.15) is 46.7 Å². The van der Waals surface area contributed by atoms with Gasteiger partial charge in [-0.05, 0) is 57.3 Å². The van der Waals surface area contributed by atoms with E-state index in [4.69, 9.17) is 9.47 Å². The van der Waals surface area contributed by atoms with Crippen LogP contribution < -0.4 is 0 Å². The third kappa shape index (κ3) is 1.02. The van der Waals surface area contributed by atoms with Crippen molar-refractivity contribution in [1.82, 2.24) is 0 Å². The van der Waals surface area contributed by atoms with Crippen molar-refractivity contribution in [2.45, 2.75) is 24.4 Å². The maximum absolute atomic E-state index is 5.92. The van der Waals surface area contributed by atoms with Crippen LogP contribution in [0, 0.1) is 0 Å². The van der Waals surface area contributed by atoms with Crippen LogP contribution in [0.4, 0.5) is 0 Å². The van der Waals surface area contributed by atoms with Gasteiger partial charge in [0.05, 0.1) is 0 Å². The molecule has 0 unspecified atom stereocenters. The van der Waals surface area contributed by atoms with Crippen LogP contribution in [0.25, 0.3) is 10.8 Å². The van der Waals surface area contributed by atoms with Gasteiger partial charge in [0.25, 0.3) is 0 Å². The van der Waals surface area contributed by atoms with Crippen molar-refractivity contribution in [2.24, 2.45) is 0 Å². The fourth-order valence-corrected chi connectivity index (χ4v) is 4.01. The quantitative estimate of drug-likeness (QED) is 0.661. The molecular formula is C18H12O2. The van der Waals surface area contributed by atoms with Gasteiger partial charge in [-0.15, -0.1) is 0 Å². The molecule has 4 aliphatic heterocycles. The number of hydrogen-bond acceptors (Lipinski definition) is 2. The van der Waals surface area contributed by atoms with Crippen molar-refractivity contribution < 1.29 is 9.47 Å². The van der Waals surface area contributed by atoms with Crippen LogP contribution in [-0.4, -0.2) is 0 Å². The maximum Gasteiger partial charge on any atom is 0.102 e. The lowest BCUT2D eigenvalue weighted by atomic mass is 9.89. The monoisotopic (exact) mass is 260 g/mol. The molecule has 2 nitrogen and oxygen atoms in total. The van der Waals surface area contributed by atoms with Gasteiger partial charge in [-0.3, -0.25) is 0 Å². The molecule has 20 heavy (non-hydrogen) atoms. The number of ether oxygens (including phenoxy) is 2. The zero-order valence-electron chi connectivity index (χ0n) is 10.7. The zero-order valence-corrected chi connectivity index (χ0v) is 10.7. The van der Waals surface area contributed by atoms with Crippen LogP contribution in [0.2, 0.25) is 0 Å². The Morgan fingerprint density at radius 3 is 1.10 bits per heavy atom. The van der Waals surface area contributed by atoms with Gasteiger partial charge in [0.1, 0.15) is 24.4 Å². The fraction of sp³-hybridized carbons (Fsp3) is 0.222. The van der Waals surface area contributed by atoms with Gasteiger partial charge in [0.2, 0.25) is 0 Å². The molecule has 0 N–H and O–H groups in total. The Hall–Kier alpha value is -1.90. The largest absolute Gasteiger partial charge is 0.357 e. The van der Waals surface area contributed by atoms with E-state index >= 15 is 0 Å². The smallest absolute Gasteiger partial charge is 0.102 e. The summed E-state index contributed by atoms with van der Waals surface area (Å²) < 4.78 is 11.8. The summed E-state index contributed by atoms with van der Waals surface area (Å²) in [6, 6.07) is 9.20. The minimum atomic E-state index is 0.167. The van der Waals surface area contributed by atoms with Crippen LogP contribution in [0.5, 0.6) is 0 Å². The maximum atomic E-state index is 5.92. The topological polar surface area (TPSA) is 18.5 Å². The molecule has 2 aromatic carbocycles. The highest BCUT2D eigenvalue weighted by molar-refractivity contribution is 5.87. The summed E-state index contributed by atoms with van der Waals surface area (Å²) in [5.74, 6) is 0. The van der Waals surface area contributed by atoms with Gasteiger partial charge in [0, 0.05) is 0 Å². The molecule has 96 valence electrons. The summed E-state index contributed by atoms with van der Waals surface area (Å²) in [7, 11) is 0. The average Bonchev–Trinajstić information content (AvgIpc) is 3.23. The van der Waals surface area contributed by atoms with E-state index in [1.807, 2.05) is 0 Å². The van der Waals surface area contributed by atoms with Crippen molar-refractivity contribution in [3.05, 3.63) is 70.8 Å². The molecule has 0 spiro atoms. The van der Waals surface area contributed by atoms with E-state index < -0.39 is 0 Å². The predicted molar refractivity (Wildman–Crippen MR) is 75.4 cm³/mol. The average molecular weight is 260 g/mol. The zero-order chi connectivity index (χ0) is 12.8. The Morgan fingerprint density at radius 2 is 0.800 bits per heavy atom. The summed E-state index contributed by atoms with van der Waals surface area (Å²) in [5.41, 5.74) is 5.35. The molecule has 4 bridgehead atoms. The Kier molecular flexibility index (Phi) is 1.51. The molecule has 0 saturated carbocycles. The van der Waals surface area contributed by atoms with E-state index in [1.54, 1.807) is 0 Å². The Bertz CT molecular complexity index is 713. The summed E-state index contributed by atoms with van der Waals surface area (Å²) in [5, 5.41) is 2.60. The minimum Gasteiger partial charge on any atom is -0.357 e. The van der Waals surface area contributed by atoms with Crippen molar-refractivity contribution in [3.63, 3.8) is 0 Å². The van der Waals surface area contributed by atoms with Gasteiger partial charge >= 0.3 is 0 Å². The van der Waals surface area contributed by atoms with Crippen LogP contribution in [0.15, 0.2) is 48.6 Å². The van der Waals surface area contributed by atoms with Crippen molar-refractivity contribution >= 4 is 10.8 Å². The molecule has 2 aromatic rings. The van der Waals surface area contributed by atoms with Gasteiger partial charge in [0.15, 0.2) is 0 Å². The Labute approximate surface area is 116 Å². The molecule has 0 saturated heterocycles. The molecule has 0 aromatic heterocycles. The number of benzene rings is 2. The lowest BCUT2D eigenvalue weighted by Gasteiger charge is -2.13. The van der Waals surface area contributed by atoms with Gasteiger partial charge in [-0.2, -0.15) is 0 Å². The van der Waals surface area contributed by atoms with E-state index in [9.17, 15) is 0 Å².